The number of nitrogens with zero attached hydrogens (tertiary/aromatic N) is 1. The molecule has 0 aliphatic heterocycles. The zero-order valence-electron chi connectivity index (χ0n) is 8.37. The summed E-state index contributed by atoms with van der Waals surface area (Å²) in [6.07, 6.45) is 1.89. The summed E-state index contributed by atoms with van der Waals surface area (Å²) in [7, 11) is 0. The first kappa shape index (κ1) is 9.99. The van der Waals surface area contributed by atoms with Gasteiger partial charge in [-0.1, -0.05) is 11.6 Å². The molecular weight excluding hydrogens is 208 g/mol. The van der Waals surface area contributed by atoms with Crippen molar-refractivity contribution in [1.82, 2.24) is 4.98 Å². The molecule has 2 rings (SSSR count). The highest BCUT2D eigenvalue weighted by Gasteiger charge is 1.97. The maximum Gasteiger partial charge on any atom is 0.0634 e. The molecule has 0 spiro atoms. The van der Waals surface area contributed by atoms with Gasteiger partial charge in [-0.2, -0.15) is 0 Å². The van der Waals surface area contributed by atoms with Crippen LogP contribution in [0.25, 0.3) is 0 Å². The number of hydrogen-bond donors (Lipinski definition) is 1. The fourth-order valence-corrected chi connectivity index (χ4v) is 1.45. The average Bonchev–Trinajstić information content (AvgIpc) is 2.74. The van der Waals surface area contributed by atoms with Crippen LogP contribution >= 0.6 is 11.6 Å². The quantitative estimate of drug-likeness (QED) is 0.743. The van der Waals surface area contributed by atoms with E-state index in [1.165, 1.54) is 0 Å². The fraction of sp³-hybridized carbons (Fsp3) is 0.0833. The lowest BCUT2D eigenvalue weighted by Crippen LogP contribution is -1.93. The number of benzene rings is 1. The van der Waals surface area contributed by atoms with Crippen molar-refractivity contribution in [3.05, 3.63) is 53.3 Å². The highest BCUT2D eigenvalue weighted by molar-refractivity contribution is 6.30. The Bertz CT molecular complexity index is 455. The monoisotopic (exact) mass is 218 g/mol. The Hall–Kier alpha value is -1.54. The Kier molecular flexibility index (Phi) is 2.88. The molecule has 1 aromatic carbocycles. The van der Waals surface area contributed by atoms with Crippen LogP contribution in [0.1, 0.15) is 12.6 Å². The molecule has 0 fully saturated rings. The van der Waals surface area contributed by atoms with Crippen molar-refractivity contribution in [3.8, 4) is 0 Å². The van der Waals surface area contributed by atoms with Crippen molar-refractivity contribution in [3.63, 3.8) is 0 Å². The number of halogens is 1. The first-order valence-electron chi connectivity index (χ1n) is 4.70. The standard InChI is InChI=1S/C12H11ClN2/c1-9(12-3-2-8-14-12)15-11-6-4-10(13)5-7-11/h2-8,14H,1H3. The molecule has 0 saturated heterocycles. The molecule has 0 aliphatic rings. The van der Waals surface area contributed by atoms with E-state index in [9.17, 15) is 0 Å². The van der Waals surface area contributed by atoms with Gasteiger partial charge in [0.1, 0.15) is 0 Å². The molecule has 0 bridgehead atoms. The fourth-order valence-electron chi connectivity index (χ4n) is 1.32. The molecule has 76 valence electrons. The summed E-state index contributed by atoms with van der Waals surface area (Å²) in [5.41, 5.74) is 2.90. The Labute approximate surface area is 93.6 Å². The average molecular weight is 219 g/mol. The van der Waals surface area contributed by atoms with Crippen LogP contribution in [0.2, 0.25) is 5.02 Å². The first-order chi connectivity index (χ1) is 7.25. The van der Waals surface area contributed by atoms with Gasteiger partial charge in [0, 0.05) is 11.2 Å². The van der Waals surface area contributed by atoms with Gasteiger partial charge in [0.2, 0.25) is 0 Å². The van der Waals surface area contributed by atoms with E-state index >= 15 is 0 Å². The third-order valence-electron chi connectivity index (χ3n) is 2.11. The van der Waals surface area contributed by atoms with Crippen LogP contribution in [0.15, 0.2) is 47.6 Å². The lowest BCUT2D eigenvalue weighted by atomic mass is 10.3. The van der Waals surface area contributed by atoms with Gasteiger partial charge in [0.05, 0.1) is 17.1 Å². The lowest BCUT2D eigenvalue weighted by molar-refractivity contribution is 1.34. The molecule has 0 amide bonds. The maximum absolute atomic E-state index is 5.79. The second-order valence-electron chi connectivity index (χ2n) is 3.26. The highest BCUT2D eigenvalue weighted by Crippen LogP contribution is 2.17. The first-order valence-corrected chi connectivity index (χ1v) is 5.08. The number of rotatable bonds is 2. The van der Waals surface area contributed by atoms with E-state index < -0.39 is 0 Å². The third-order valence-corrected chi connectivity index (χ3v) is 2.36. The Morgan fingerprint density at radius 3 is 2.53 bits per heavy atom. The van der Waals surface area contributed by atoms with E-state index in [1.54, 1.807) is 0 Å². The van der Waals surface area contributed by atoms with Gasteiger partial charge >= 0.3 is 0 Å². The molecule has 2 aromatic rings. The smallest absolute Gasteiger partial charge is 0.0634 e. The van der Waals surface area contributed by atoms with E-state index in [4.69, 9.17) is 11.6 Å². The highest BCUT2D eigenvalue weighted by atomic mass is 35.5. The molecule has 1 aromatic heterocycles. The number of aliphatic imine (C=N–C) groups is 1. The number of nitrogens with one attached hydrogen (secondary N) is 1. The van der Waals surface area contributed by atoms with E-state index in [0.29, 0.717) is 0 Å². The predicted octanol–water partition coefficient (Wildman–Crippen LogP) is 3.81. The number of aromatic nitrogens is 1. The molecular formula is C12H11ClN2. The summed E-state index contributed by atoms with van der Waals surface area (Å²) in [4.78, 5) is 7.58. The second kappa shape index (κ2) is 4.32. The third kappa shape index (κ3) is 2.48. The Balaban J connectivity index is 2.27. The predicted molar refractivity (Wildman–Crippen MR) is 64.1 cm³/mol. The summed E-state index contributed by atoms with van der Waals surface area (Å²) >= 11 is 5.79. The molecule has 1 N–H and O–H groups in total. The van der Waals surface area contributed by atoms with Crippen molar-refractivity contribution < 1.29 is 0 Å². The molecule has 0 radical (unpaired) electrons. The summed E-state index contributed by atoms with van der Waals surface area (Å²) in [5, 5.41) is 0.728. The SMILES string of the molecule is CC(=Nc1ccc(Cl)cc1)c1ccc[nH]1. The second-order valence-corrected chi connectivity index (χ2v) is 3.69. The minimum atomic E-state index is 0.728. The van der Waals surface area contributed by atoms with Gasteiger partial charge in [-0.3, -0.25) is 4.99 Å². The molecule has 3 heteroatoms. The normalized spacial score (nSPS) is 11.7. The zero-order chi connectivity index (χ0) is 10.7. The van der Waals surface area contributed by atoms with Gasteiger partial charge in [0.15, 0.2) is 0 Å². The van der Waals surface area contributed by atoms with Gasteiger partial charge in [0.25, 0.3) is 0 Å². The van der Waals surface area contributed by atoms with Crippen LogP contribution in [-0.2, 0) is 0 Å². The maximum atomic E-state index is 5.79. The van der Waals surface area contributed by atoms with Crippen molar-refractivity contribution in [1.29, 1.82) is 0 Å². The largest absolute Gasteiger partial charge is 0.360 e. The van der Waals surface area contributed by atoms with Gasteiger partial charge in [-0.15, -0.1) is 0 Å². The summed E-state index contributed by atoms with van der Waals surface area (Å²) in [6, 6.07) is 11.4. The molecule has 1 heterocycles. The van der Waals surface area contributed by atoms with Crippen molar-refractivity contribution in [2.24, 2.45) is 4.99 Å². The van der Waals surface area contributed by atoms with E-state index in [1.807, 2.05) is 49.5 Å². The lowest BCUT2D eigenvalue weighted by Gasteiger charge is -1.98. The molecule has 0 saturated carbocycles. The number of aromatic amines is 1. The Morgan fingerprint density at radius 1 is 1.20 bits per heavy atom. The molecule has 2 nitrogen and oxygen atoms in total. The van der Waals surface area contributed by atoms with Gasteiger partial charge < -0.3 is 4.98 Å². The van der Waals surface area contributed by atoms with Crippen LogP contribution < -0.4 is 0 Å². The minimum absolute atomic E-state index is 0.728. The number of hydrogen-bond acceptors (Lipinski definition) is 1. The van der Waals surface area contributed by atoms with Gasteiger partial charge in [-0.25, -0.2) is 0 Å². The van der Waals surface area contributed by atoms with Crippen LogP contribution in [0, 0.1) is 0 Å². The summed E-state index contributed by atoms with van der Waals surface area (Å²) < 4.78 is 0. The van der Waals surface area contributed by atoms with Crippen molar-refractivity contribution >= 4 is 23.0 Å². The van der Waals surface area contributed by atoms with Crippen LogP contribution in [0.4, 0.5) is 5.69 Å². The minimum Gasteiger partial charge on any atom is -0.360 e. The molecule has 15 heavy (non-hydrogen) atoms. The van der Waals surface area contributed by atoms with Gasteiger partial charge in [-0.05, 0) is 43.3 Å². The van der Waals surface area contributed by atoms with E-state index in [-0.39, 0.29) is 0 Å². The molecule has 0 atom stereocenters. The summed E-state index contributed by atoms with van der Waals surface area (Å²) in [6.45, 7) is 1.97. The summed E-state index contributed by atoms with van der Waals surface area (Å²) in [5.74, 6) is 0. The molecule has 0 aliphatic carbocycles. The topological polar surface area (TPSA) is 28.1 Å². The van der Waals surface area contributed by atoms with E-state index in [2.05, 4.69) is 9.98 Å². The van der Waals surface area contributed by atoms with Crippen molar-refractivity contribution in [2.45, 2.75) is 6.92 Å². The number of H-pyrrole nitrogens is 1. The van der Waals surface area contributed by atoms with Crippen LogP contribution in [0.3, 0.4) is 0 Å². The zero-order valence-corrected chi connectivity index (χ0v) is 9.12. The van der Waals surface area contributed by atoms with Crippen LogP contribution in [-0.4, -0.2) is 10.7 Å². The van der Waals surface area contributed by atoms with Crippen LogP contribution in [0.5, 0.6) is 0 Å². The van der Waals surface area contributed by atoms with Crippen molar-refractivity contribution in [2.75, 3.05) is 0 Å². The molecule has 0 unspecified atom stereocenters. The Morgan fingerprint density at radius 2 is 1.93 bits per heavy atom. The van der Waals surface area contributed by atoms with E-state index in [0.717, 1.165) is 22.1 Å².